The van der Waals surface area contributed by atoms with E-state index in [9.17, 15) is 0 Å². The first kappa shape index (κ1) is 18.8. The topological polar surface area (TPSA) is 16.1 Å². The predicted octanol–water partition coefficient (Wildman–Crippen LogP) is 7.48. The summed E-state index contributed by atoms with van der Waals surface area (Å²) in [5, 5.41) is 4.45. The Bertz CT molecular complexity index is 906. The molecule has 1 unspecified atom stereocenters. The molecular formula is C22H22Cl2N2S. The fourth-order valence-electron chi connectivity index (χ4n) is 3.58. The Labute approximate surface area is 174 Å². The molecule has 1 aliphatic carbocycles. The van der Waals surface area contributed by atoms with Crippen LogP contribution in [0.25, 0.3) is 11.3 Å². The summed E-state index contributed by atoms with van der Waals surface area (Å²) >= 11 is 14.1. The molecule has 5 heteroatoms. The fourth-order valence-corrected chi connectivity index (χ4v) is 4.97. The second-order valence-corrected chi connectivity index (χ2v) is 8.71. The molecule has 0 saturated heterocycles. The van der Waals surface area contributed by atoms with Crippen LogP contribution in [0.5, 0.6) is 0 Å². The minimum Gasteiger partial charge on any atom is -0.341 e. The third kappa shape index (κ3) is 4.16. The SMILES string of the molecule is CCCN(c1nc(-c2ccc(Cl)cc2Cl)cs1)C(c1ccccc1)C1CC1. The van der Waals surface area contributed by atoms with Gasteiger partial charge in [0.15, 0.2) is 5.13 Å². The molecule has 0 bridgehead atoms. The normalized spacial score (nSPS) is 14.9. The summed E-state index contributed by atoms with van der Waals surface area (Å²) in [5.41, 5.74) is 3.23. The highest BCUT2D eigenvalue weighted by molar-refractivity contribution is 7.14. The van der Waals surface area contributed by atoms with Gasteiger partial charge in [0, 0.05) is 22.5 Å². The second-order valence-electron chi connectivity index (χ2n) is 7.03. The smallest absolute Gasteiger partial charge is 0.186 e. The van der Waals surface area contributed by atoms with E-state index in [4.69, 9.17) is 28.2 Å². The number of nitrogens with zero attached hydrogens (tertiary/aromatic N) is 2. The van der Waals surface area contributed by atoms with Crippen molar-refractivity contribution in [1.82, 2.24) is 4.98 Å². The molecule has 3 aromatic rings. The Morgan fingerprint density at radius 3 is 2.59 bits per heavy atom. The van der Waals surface area contributed by atoms with Gasteiger partial charge in [-0.15, -0.1) is 11.3 Å². The monoisotopic (exact) mass is 416 g/mol. The van der Waals surface area contributed by atoms with Crippen molar-refractivity contribution in [2.75, 3.05) is 11.4 Å². The van der Waals surface area contributed by atoms with Gasteiger partial charge in [-0.25, -0.2) is 4.98 Å². The zero-order valence-corrected chi connectivity index (χ0v) is 17.6. The van der Waals surface area contributed by atoms with Crippen LogP contribution in [0.1, 0.15) is 37.8 Å². The van der Waals surface area contributed by atoms with Crippen LogP contribution in [0.3, 0.4) is 0 Å². The summed E-state index contributed by atoms with van der Waals surface area (Å²) in [7, 11) is 0. The molecule has 2 nitrogen and oxygen atoms in total. The largest absolute Gasteiger partial charge is 0.341 e. The van der Waals surface area contributed by atoms with Crippen molar-refractivity contribution in [2.24, 2.45) is 5.92 Å². The highest BCUT2D eigenvalue weighted by Gasteiger charge is 2.37. The third-order valence-corrected chi connectivity index (χ3v) is 6.38. The highest BCUT2D eigenvalue weighted by Crippen LogP contribution is 2.47. The van der Waals surface area contributed by atoms with Crippen molar-refractivity contribution in [3.8, 4) is 11.3 Å². The zero-order valence-electron chi connectivity index (χ0n) is 15.2. The maximum atomic E-state index is 6.40. The van der Waals surface area contributed by atoms with Crippen molar-refractivity contribution in [3.63, 3.8) is 0 Å². The molecule has 140 valence electrons. The molecule has 4 rings (SSSR count). The van der Waals surface area contributed by atoms with Gasteiger partial charge in [0.2, 0.25) is 0 Å². The molecule has 1 aromatic heterocycles. The van der Waals surface area contributed by atoms with Gasteiger partial charge >= 0.3 is 0 Å². The Morgan fingerprint density at radius 2 is 1.93 bits per heavy atom. The van der Waals surface area contributed by atoms with Crippen LogP contribution >= 0.6 is 34.5 Å². The first-order valence-electron chi connectivity index (χ1n) is 9.40. The van der Waals surface area contributed by atoms with Crippen LogP contribution in [0.2, 0.25) is 10.0 Å². The Kier molecular flexibility index (Phi) is 5.72. The zero-order chi connectivity index (χ0) is 18.8. The Hall–Kier alpha value is -1.55. The lowest BCUT2D eigenvalue weighted by atomic mass is 10.0. The maximum Gasteiger partial charge on any atom is 0.186 e. The van der Waals surface area contributed by atoms with Gasteiger partial charge in [-0.3, -0.25) is 0 Å². The van der Waals surface area contributed by atoms with Crippen LogP contribution in [0.15, 0.2) is 53.9 Å². The van der Waals surface area contributed by atoms with Crippen LogP contribution in [0, 0.1) is 5.92 Å². The molecule has 1 aliphatic rings. The van der Waals surface area contributed by atoms with Crippen molar-refractivity contribution < 1.29 is 0 Å². The molecule has 1 saturated carbocycles. The molecule has 1 heterocycles. The fraction of sp³-hybridized carbons (Fsp3) is 0.318. The van der Waals surface area contributed by atoms with E-state index in [1.807, 2.05) is 12.1 Å². The summed E-state index contributed by atoms with van der Waals surface area (Å²) in [6.45, 7) is 3.23. The molecule has 0 amide bonds. The number of thiazole rings is 1. The Morgan fingerprint density at radius 1 is 1.15 bits per heavy atom. The van der Waals surface area contributed by atoms with E-state index in [0.29, 0.717) is 22.0 Å². The quantitative estimate of drug-likeness (QED) is 0.396. The standard InChI is InChI=1S/C22H22Cl2N2S/c1-2-12-26(21(16-8-9-16)15-6-4-3-5-7-15)22-25-20(14-27-22)18-11-10-17(23)13-19(18)24/h3-7,10-11,13-14,16,21H,2,8-9,12H2,1H3. The summed E-state index contributed by atoms with van der Waals surface area (Å²) in [6, 6.07) is 16.8. The minimum absolute atomic E-state index is 0.394. The van der Waals surface area contributed by atoms with E-state index in [2.05, 4.69) is 47.5 Å². The second kappa shape index (κ2) is 8.22. The number of halogens is 2. The molecule has 0 aliphatic heterocycles. The van der Waals surface area contributed by atoms with Crippen molar-refractivity contribution >= 4 is 39.7 Å². The number of anilines is 1. The number of hydrogen-bond donors (Lipinski definition) is 0. The summed E-state index contributed by atoms with van der Waals surface area (Å²) in [4.78, 5) is 7.45. The van der Waals surface area contributed by atoms with E-state index < -0.39 is 0 Å². The van der Waals surface area contributed by atoms with Crippen LogP contribution in [-0.4, -0.2) is 11.5 Å². The molecule has 1 atom stereocenters. The lowest BCUT2D eigenvalue weighted by Gasteiger charge is -2.32. The number of benzene rings is 2. The third-order valence-electron chi connectivity index (χ3n) is 4.95. The maximum absolute atomic E-state index is 6.40. The van der Waals surface area contributed by atoms with E-state index in [-0.39, 0.29) is 0 Å². The van der Waals surface area contributed by atoms with Gasteiger partial charge in [-0.2, -0.15) is 0 Å². The van der Waals surface area contributed by atoms with E-state index in [1.54, 1.807) is 17.4 Å². The molecular weight excluding hydrogens is 395 g/mol. The number of hydrogen-bond acceptors (Lipinski definition) is 3. The van der Waals surface area contributed by atoms with Gasteiger partial charge in [0.1, 0.15) is 0 Å². The molecule has 0 radical (unpaired) electrons. The van der Waals surface area contributed by atoms with Gasteiger partial charge in [-0.05, 0) is 48.9 Å². The summed E-state index contributed by atoms with van der Waals surface area (Å²) in [6.07, 6.45) is 3.68. The van der Waals surface area contributed by atoms with E-state index in [0.717, 1.165) is 29.4 Å². The first-order valence-corrected chi connectivity index (χ1v) is 11.0. The van der Waals surface area contributed by atoms with Gasteiger partial charge < -0.3 is 4.90 Å². The molecule has 1 fully saturated rings. The number of rotatable bonds is 7. The first-order chi connectivity index (χ1) is 13.2. The highest BCUT2D eigenvalue weighted by atomic mass is 35.5. The van der Waals surface area contributed by atoms with Gasteiger partial charge in [0.25, 0.3) is 0 Å². The predicted molar refractivity (Wildman–Crippen MR) is 117 cm³/mol. The molecule has 0 spiro atoms. The summed E-state index contributed by atoms with van der Waals surface area (Å²) < 4.78 is 0. The number of aromatic nitrogens is 1. The van der Waals surface area contributed by atoms with Gasteiger partial charge in [-0.1, -0.05) is 60.5 Å². The van der Waals surface area contributed by atoms with E-state index in [1.165, 1.54) is 18.4 Å². The van der Waals surface area contributed by atoms with E-state index >= 15 is 0 Å². The molecule has 0 N–H and O–H groups in total. The lowest BCUT2D eigenvalue weighted by Crippen LogP contribution is -2.31. The van der Waals surface area contributed by atoms with Crippen molar-refractivity contribution in [2.45, 2.75) is 32.2 Å². The van der Waals surface area contributed by atoms with Crippen LogP contribution < -0.4 is 4.90 Å². The van der Waals surface area contributed by atoms with Crippen molar-refractivity contribution in [1.29, 1.82) is 0 Å². The van der Waals surface area contributed by atoms with Crippen LogP contribution in [-0.2, 0) is 0 Å². The molecule has 2 aromatic carbocycles. The lowest BCUT2D eigenvalue weighted by molar-refractivity contribution is 0.552. The minimum atomic E-state index is 0.394. The summed E-state index contributed by atoms with van der Waals surface area (Å²) in [5.74, 6) is 0.713. The Balaban J connectivity index is 1.69. The van der Waals surface area contributed by atoms with Crippen molar-refractivity contribution in [3.05, 3.63) is 69.5 Å². The van der Waals surface area contributed by atoms with Crippen LogP contribution in [0.4, 0.5) is 5.13 Å². The average molecular weight is 417 g/mol. The molecule has 27 heavy (non-hydrogen) atoms. The average Bonchev–Trinajstić information content (AvgIpc) is 3.38. The van der Waals surface area contributed by atoms with Gasteiger partial charge in [0.05, 0.1) is 16.8 Å².